The minimum Gasteiger partial charge on any atom is -0.318 e. The zero-order valence-corrected chi connectivity index (χ0v) is 22.5. The lowest BCUT2D eigenvalue weighted by atomic mass is 10.1. The Bertz CT molecular complexity index is 1580. The number of fused-ring (bicyclic) bond motifs is 1. The Balaban J connectivity index is 1.67. The van der Waals surface area contributed by atoms with Gasteiger partial charge >= 0.3 is 0 Å². The number of allylic oxidation sites excluding steroid dienone is 1. The summed E-state index contributed by atoms with van der Waals surface area (Å²) in [5.74, 6) is -0.290. The van der Waals surface area contributed by atoms with E-state index in [0.29, 0.717) is 37.2 Å². The minimum atomic E-state index is -0.613. The van der Waals surface area contributed by atoms with Crippen molar-refractivity contribution in [1.82, 2.24) is 14.9 Å². The summed E-state index contributed by atoms with van der Waals surface area (Å²) < 4.78 is 16.1. The molecule has 0 aliphatic carbocycles. The number of rotatable bonds is 4. The number of hydrogen-bond donors (Lipinski definition) is 1. The fraction of sp³-hybridized carbons (Fsp3) is 0.0833. The predicted molar refractivity (Wildman–Crippen MR) is 146 cm³/mol. The molecular weight excluding hydrogens is 564 g/mol. The van der Waals surface area contributed by atoms with Crippen LogP contribution in [-0.2, 0) is 4.79 Å². The van der Waals surface area contributed by atoms with Gasteiger partial charge in [-0.15, -0.1) is 21.5 Å². The van der Waals surface area contributed by atoms with Crippen LogP contribution < -0.4 is 5.32 Å². The SMILES string of the molecule is CC(=O)Nc1cc(C)c(-c2nnc3n2N=C(c2cc(F)c(Cl)cc2Cl)/C(=C/c2ccc(Cl)cc2)S3)s1. The summed E-state index contributed by atoms with van der Waals surface area (Å²) in [4.78, 5) is 13.0. The van der Waals surface area contributed by atoms with Crippen LogP contribution in [0, 0.1) is 12.7 Å². The van der Waals surface area contributed by atoms with Gasteiger partial charge in [0.25, 0.3) is 0 Å². The molecule has 1 aliphatic rings. The second-order valence-corrected chi connectivity index (χ2v) is 11.1. The number of benzene rings is 2. The number of halogens is 4. The van der Waals surface area contributed by atoms with E-state index in [2.05, 4.69) is 15.5 Å². The molecule has 0 atom stereocenters. The molecule has 0 bridgehead atoms. The Labute approximate surface area is 228 Å². The molecule has 4 aromatic rings. The van der Waals surface area contributed by atoms with Crippen molar-refractivity contribution in [3.05, 3.63) is 84.9 Å². The number of aryl methyl sites for hydroxylation is 1. The molecule has 3 heterocycles. The molecule has 0 radical (unpaired) electrons. The van der Waals surface area contributed by atoms with E-state index in [4.69, 9.17) is 39.9 Å². The molecule has 6 nitrogen and oxygen atoms in total. The lowest BCUT2D eigenvalue weighted by molar-refractivity contribution is -0.114. The van der Waals surface area contributed by atoms with Gasteiger partial charge < -0.3 is 5.32 Å². The van der Waals surface area contributed by atoms with Gasteiger partial charge in [0, 0.05) is 22.4 Å². The van der Waals surface area contributed by atoms with E-state index in [9.17, 15) is 9.18 Å². The smallest absolute Gasteiger partial charge is 0.221 e. The zero-order valence-electron chi connectivity index (χ0n) is 18.6. The number of aromatic nitrogens is 3. The monoisotopic (exact) mass is 577 g/mol. The molecule has 0 saturated carbocycles. The standard InChI is InChI=1S/C24H15Cl3FN5OS2/c1-11-7-20(29-12(2)34)36-22(11)23-30-31-24-33(23)32-21(15-9-18(28)17(27)10-16(15)26)19(35-24)8-13-3-5-14(25)6-4-13/h3-10H,1-2H3,(H,29,34)/b19-8-. The normalized spacial score (nSPS) is 14.1. The number of anilines is 1. The zero-order chi connectivity index (χ0) is 25.6. The molecule has 0 spiro atoms. The summed E-state index contributed by atoms with van der Waals surface area (Å²) in [6, 6.07) is 11.8. The van der Waals surface area contributed by atoms with E-state index in [1.54, 1.807) is 16.8 Å². The van der Waals surface area contributed by atoms with Crippen LogP contribution in [0.5, 0.6) is 0 Å². The van der Waals surface area contributed by atoms with E-state index < -0.39 is 5.82 Å². The maximum atomic E-state index is 14.5. The second kappa shape index (κ2) is 9.99. The Morgan fingerprint density at radius 2 is 1.83 bits per heavy atom. The number of carbonyl (C=O) groups is 1. The van der Waals surface area contributed by atoms with Crippen LogP contribution in [0.2, 0.25) is 15.1 Å². The van der Waals surface area contributed by atoms with Crippen LogP contribution in [0.4, 0.5) is 9.39 Å². The number of thiophene rings is 1. The van der Waals surface area contributed by atoms with E-state index in [0.717, 1.165) is 16.0 Å². The van der Waals surface area contributed by atoms with Crippen LogP contribution >= 0.6 is 57.9 Å². The fourth-order valence-electron chi connectivity index (χ4n) is 3.49. The molecule has 182 valence electrons. The molecule has 1 aliphatic heterocycles. The Morgan fingerprint density at radius 1 is 1.08 bits per heavy atom. The summed E-state index contributed by atoms with van der Waals surface area (Å²) in [6.07, 6.45) is 1.89. The number of amides is 1. The molecule has 0 saturated heterocycles. The molecule has 1 amide bonds. The van der Waals surface area contributed by atoms with Crippen molar-refractivity contribution in [2.45, 2.75) is 19.0 Å². The molecule has 0 unspecified atom stereocenters. The Hall–Kier alpha value is -2.69. The molecule has 12 heteroatoms. The average Bonchev–Trinajstić information content (AvgIpc) is 3.39. The number of nitrogens with one attached hydrogen (secondary N) is 1. The lowest BCUT2D eigenvalue weighted by Crippen LogP contribution is -2.13. The van der Waals surface area contributed by atoms with Crippen molar-refractivity contribution in [3.63, 3.8) is 0 Å². The summed E-state index contributed by atoms with van der Waals surface area (Å²) in [5.41, 5.74) is 2.57. The highest BCUT2D eigenvalue weighted by Gasteiger charge is 2.28. The molecule has 36 heavy (non-hydrogen) atoms. The predicted octanol–water partition coefficient (Wildman–Crippen LogP) is 7.77. The lowest BCUT2D eigenvalue weighted by Gasteiger charge is -2.18. The van der Waals surface area contributed by atoms with Crippen LogP contribution in [0.3, 0.4) is 0 Å². The molecule has 5 rings (SSSR count). The third-order valence-electron chi connectivity index (χ3n) is 5.10. The van der Waals surface area contributed by atoms with Gasteiger partial charge in [0.1, 0.15) is 11.5 Å². The highest BCUT2D eigenvalue weighted by atomic mass is 35.5. The van der Waals surface area contributed by atoms with Crippen LogP contribution in [0.1, 0.15) is 23.6 Å². The fourth-order valence-corrected chi connectivity index (χ4v) is 6.12. The second-order valence-electron chi connectivity index (χ2n) is 7.78. The van der Waals surface area contributed by atoms with Gasteiger partial charge in [-0.05, 0) is 66.2 Å². The van der Waals surface area contributed by atoms with Crippen molar-refractivity contribution in [1.29, 1.82) is 0 Å². The Kier molecular flexibility index (Phi) is 6.93. The van der Waals surface area contributed by atoms with Gasteiger partial charge in [-0.25, -0.2) is 4.39 Å². The number of carbonyl (C=O) groups excluding carboxylic acids is 1. The first kappa shape index (κ1) is 25.0. The van der Waals surface area contributed by atoms with Gasteiger partial charge in [0.2, 0.25) is 11.1 Å². The van der Waals surface area contributed by atoms with Gasteiger partial charge in [-0.2, -0.15) is 9.78 Å². The number of hydrogen-bond acceptors (Lipinski definition) is 6. The highest BCUT2D eigenvalue weighted by Crippen LogP contribution is 2.41. The van der Waals surface area contributed by atoms with E-state index in [1.807, 2.05) is 31.2 Å². The highest BCUT2D eigenvalue weighted by molar-refractivity contribution is 8.04. The topological polar surface area (TPSA) is 72.2 Å². The average molecular weight is 579 g/mol. The largest absolute Gasteiger partial charge is 0.318 e. The van der Waals surface area contributed by atoms with E-state index >= 15 is 0 Å². The first-order valence-electron chi connectivity index (χ1n) is 10.4. The van der Waals surface area contributed by atoms with Gasteiger partial charge in [0.15, 0.2) is 5.82 Å². The summed E-state index contributed by atoms with van der Waals surface area (Å²) in [7, 11) is 0. The number of thioether (sulfide) groups is 1. The van der Waals surface area contributed by atoms with Crippen LogP contribution in [-0.4, -0.2) is 26.5 Å². The molecule has 2 aromatic carbocycles. The third kappa shape index (κ3) is 4.94. The maximum Gasteiger partial charge on any atom is 0.221 e. The number of nitrogens with zero attached hydrogens (tertiary/aromatic N) is 4. The molecule has 1 N–H and O–H groups in total. The first-order valence-corrected chi connectivity index (χ1v) is 13.2. The van der Waals surface area contributed by atoms with E-state index in [-0.39, 0.29) is 16.0 Å². The van der Waals surface area contributed by atoms with Crippen molar-refractivity contribution < 1.29 is 9.18 Å². The van der Waals surface area contributed by atoms with Gasteiger partial charge in [-0.1, -0.05) is 46.9 Å². The summed E-state index contributed by atoms with van der Waals surface area (Å²) in [5, 5.41) is 18.3. The Morgan fingerprint density at radius 3 is 2.56 bits per heavy atom. The molecule has 0 fully saturated rings. The van der Waals surface area contributed by atoms with Crippen LogP contribution in [0.15, 0.2) is 57.6 Å². The minimum absolute atomic E-state index is 0.0820. The van der Waals surface area contributed by atoms with Gasteiger partial charge in [-0.3, -0.25) is 4.79 Å². The van der Waals surface area contributed by atoms with Crippen LogP contribution in [0.25, 0.3) is 16.8 Å². The molecule has 2 aromatic heterocycles. The summed E-state index contributed by atoms with van der Waals surface area (Å²) in [6.45, 7) is 3.36. The summed E-state index contributed by atoms with van der Waals surface area (Å²) >= 11 is 21.2. The van der Waals surface area contributed by atoms with Gasteiger partial charge in [0.05, 0.1) is 19.9 Å². The third-order valence-corrected chi connectivity index (χ3v) is 8.07. The first-order chi connectivity index (χ1) is 17.2. The molecular formula is C24H15Cl3FN5OS2. The van der Waals surface area contributed by atoms with Crippen molar-refractivity contribution in [2.75, 3.05) is 5.32 Å². The maximum absolute atomic E-state index is 14.5. The quantitative estimate of drug-likeness (QED) is 0.251. The van der Waals surface area contributed by atoms with Crippen molar-refractivity contribution >= 4 is 80.6 Å². The van der Waals surface area contributed by atoms with Crippen molar-refractivity contribution in [2.24, 2.45) is 5.10 Å². The van der Waals surface area contributed by atoms with E-state index in [1.165, 1.54) is 42.2 Å². The van der Waals surface area contributed by atoms with Crippen molar-refractivity contribution in [3.8, 4) is 10.7 Å².